The van der Waals surface area contributed by atoms with Crippen LogP contribution in [0.25, 0.3) is 0 Å². The lowest BCUT2D eigenvalue weighted by Gasteiger charge is -2.37. The molecule has 0 aromatic carbocycles. The van der Waals surface area contributed by atoms with Crippen molar-refractivity contribution >= 4 is 22.9 Å². The number of aliphatic hydroxyl groups excluding tert-OH is 1. The van der Waals surface area contributed by atoms with Crippen LogP contribution in [0.3, 0.4) is 0 Å². The van der Waals surface area contributed by atoms with Crippen LogP contribution in [0.15, 0.2) is 6.07 Å². The summed E-state index contributed by atoms with van der Waals surface area (Å²) in [6.07, 6.45) is 3.82. The lowest BCUT2D eigenvalue weighted by atomic mass is 9.91. The largest absolute Gasteiger partial charge is 0.391 e. The molecule has 1 heterocycles. The zero-order chi connectivity index (χ0) is 14.9. The van der Waals surface area contributed by atoms with E-state index in [2.05, 4.69) is 9.88 Å². The van der Waals surface area contributed by atoms with Crippen molar-refractivity contribution in [2.24, 2.45) is 5.73 Å². The van der Waals surface area contributed by atoms with E-state index in [0.29, 0.717) is 4.99 Å². The monoisotopic (exact) mass is 293 g/mol. The van der Waals surface area contributed by atoms with E-state index in [-0.39, 0.29) is 12.1 Å². The van der Waals surface area contributed by atoms with Crippen LogP contribution in [0.4, 0.5) is 5.69 Å². The average Bonchev–Trinajstić information content (AvgIpc) is 2.37. The van der Waals surface area contributed by atoms with Crippen LogP contribution in [0, 0.1) is 13.8 Å². The minimum Gasteiger partial charge on any atom is -0.391 e. The van der Waals surface area contributed by atoms with Crippen molar-refractivity contribution in [1.82, 2.24) is 4.98 Å². The number of aryl methyl sites for hydroxylation is 2. The third kappa shape index (κ3) is 2.94. The molecular weight excluding hydrogens is 270 g/mol. The van der Waals surface area contributed by atoms with Crippen molar-refractivity contribution in [2.45, 2.75) is 51.7 Å². The molecule has 0 amide bonds. The van der Waals surface area contributed by atoms with Crippen molar-refractivity contribution < 1.29 is 5.11 Å². The molecular formula is C15H23N3OS. The van der Waals surface area contributed by atoms with Crippen LogP contribution in [0.2, 0.25) is 0 Å². The van der Waals surface area contributed by atoms with Gasteiger partial charge in [-0.05, 0) is 32.8 Å². The Morgan fingerprint density at radius 2 is 2.05 bits per heavy atom. The number of hydrogen-bond donors (Lipinski definition) is 2. The van der Waals surface area contributed by atoms with Gasteiger partial charge < -0.3 is 15.7 Å². The van der Waals surface area contributed by atoms with Crippen LogP contribution in [0.5, 0.6) is 0 Å². The molecule has 5 heteroatoms. The van der Waals surface area contributed by atoms with E-state index < -0.39 is 0 Å². The Morgan fingerprint density at radius 1 is 1.40 bits per heavy atom. The van der Waals surface area contributed by atoms with E-state index in [1.165, 1.54) is 0 Å². The third-order valence-corrected chi connectivity index (χ3v) is 4.33. The zero-order valence-electron chi connectivity index (χ0n) is 12.4. The Balaban J connectivity index is 2.42. The summed E-state index contributed by atoms with van der Waals surface area (Å²) in [6.45, 7) is 3.89. The van der Waals surface area contributed by atoms with Gasteiger partial charge in [-0.2, -0.15) is 0 Å². The fourth-order valence-electron chi connectivity index (χ4n) is 3.11. The van der Waals surface area contributed by atoms with Crippen molar-refractivity contribution in [3.63, 3.8) is 0 Å². The Bertz CT molecular complexity index is 518. The van der Waals surface area contributed by atoms with Gasteiger partial charge in [0.2, 0.25) is 0 Å². The molecule has 2 unspecified atom stereocenters. The van der Waals surface area contributed by atoms with Crippen LogP contribution in [-0.4, -0.2) is 34.3 Å². The number of aliphatic hydroxyl groups is 1. The molecule has 0 saturated heterocycles. The van der Waals surface area contributed by atoms with Crippen LogP contribution in [0.1, 0.15) is 42.6 Å². The number of aromatic nitrogens is 1. The topological polar surface area (TPSA) is 62.4 Å². The Labute approximate surface area is 126 Å². The molecule has 3 N–H and O–H groups in total. The summed E-state index contributed by atoms with van der Waals surface area (Å²) in [7, 11) is 2.01. The number of nitrogens with two attached hydrogens (primary N) is 1. The van der Waals surface area contributed by atoms with E-state index >= 15 is 0 Å². The average molecular weight is 293 g/mol. The van der Waals surface area contributed by atoms with E-state index in [1.807, 2.05) is 27.0 Å². The number of thiocarbonyl (C=S) groups is 1. The fourth-order valence-corrected chi connectivity index (χ4v) is 3.37. The fraction of sp³-hybridized carbons (Fsp3) is 0.600. The number of nitrogens with zero attached hydrogens (tertiary/aromatic N) is 2. The molecule has 110 valence electrons. The molecule has 2 atom stereocenters. The zero-order valence-corrected chi connectivity index (χ0v) is 13.2. The number of pyridine rings is 1. The van der Waals surface area contributed by atoms with E-state index in [4.69, 9.17) is 18.0 Å². The summed E-state index contributed by atoms with van der Waals surface area (Å²) >= 11 is 5.18. The molecule has 1 saturated carbocycles. The van der Waals surface area contributed by atoms with Crippen molar-refractivity contribution in [2.75, 3.05) is 11.9 Å². The summed E-state index contributed by atoms with van der Waals surface area (Å²) in [4.78, 5) is 6.93. The molecule has 1 fully saturated rings. The molecule has 4 nitrogen and oxygen atoms in total. The number of rotatable bonds is 3. The highest BCUT2D eigenvalue weighted by Crippen LogP contribution is 2.30. The van der Waals surface area contributed by atoms with Gasteiger partial charge in [-0.25, -0.2) is 0 Å². The van der Waals surface area contributed by atoms with Gasteiger partial charge in [0, 0.05) is 18.4 Å². The molecule has 1 aromatic rings. The highest BCUT2D eigenvalue weighted by Gasteiger charge is 2.28. The second-order valence-electron chi connectivity index (χ2n) is 5.64. The molecule has 1 aromatic heterocycles. The van der Waals surface area contributed by atoms with Crippen molar-refractivity contribution in [3.05, 3.63) is 23.0 Å². The van der Waals surface area contributed by atoms with Gasteiger partial charge in [-0.1, -0.05) is 25.1 Å². The SMILES string of the molecule is Cc1cc(N(C)C2CCCCC2O)c(C(N)=S)c(C)n1. The maximum atomic E-state index is 10.2. The second kappa shape index (κ2) is 6.06. The minimum atomic E-state index is -0.290. The first kappa shape index (κ1) is 15.2. The van der Waals surface area contributed by atoms with Crippen molar-refractivity contribution in [3.8, 4) is 0 Å². The van der Waals surface area contributed by atoms with Gasteiger partial charge >= 0.3 is 0 Å². The summed E-state index contributed by atoms with van der Waals surface area (Å²) < 4.78 is 0. The molecule has 0 bridgehead atoms. The molecule has 1 aliphatic carbocycles. The number of anilines is 1. The van der Waals surface area contributed by atoms with E-state index in [0.717, 1.165) is 48.3 Å². The van der Waals surface area contributed by atoms with E-state index in [9.17, 15) is 5.11 Å². The lowest BCUT2D eigenvalue weighted by molar-refractivity contribution is 0.106. The number of hydrogen-bond acceptors (Lipinski definition) is 4. The molecule has 2 rings (SSSR count). The quantitative estimate of drug-likeness (QED) is 0.835. The predicted octanol–water partition coefficient (Wildman–Crippen LogP) is 2.07. The Morgan fingerprint density at radius 3 is 2.65 bits per heavy atom. The predicted molar refractivity (Wildman–Crippen MR) is 86.3 cm³/mol. The normalized spacial score (nSPS) is 22.6. The second-order valence-corrected chi connectivity index (χ2v) is 6.08. The van der Waals surface area contributed by atoms with Gasteiger partial charge in [0.15, 0.2) is 0 Å². The van der Waals surface area contributed by atoms with Gasteiger partial charge in [0.1, 0.15) is 4.99 Å². The first-order valence-electron chi connectivity index (χ1n) is 7.10. The highest BCUT2D eigenvalue weighted by molar-refractivity contribution is 7.80. The summed E-state index contributed by atoms with van der Waals surface area (Å²) in [5.41, 5.74) is 9.47. The summed E-state index contributed by atoms with van der Waals surface area (Å²) in [6, 6.07) is 2.13. The maximum Gasteiger partial charge on any atom is 0.107 e. The van der Waals surface area contributed by atoms with Gasteiger partial charge in [0.25, 0.3) is 0 Å². The lowest BCUT2D eigenvalue weighted by Crippen LogP contribution is -2.44. The first-order valence-corrected chi connectivity index (χ1v) is 7.51. The van der Waals surface area contributed by atoms with Crippen LogP contribution >= 0.6 is 12.2 Å². The van der Waals surface area contributed by atoms with Crippen molar-refractivity contribution in [1.29, 1.82) is 0 Å². The van der Waals surface area contributed by atoms with Crippen LogP contribution < -0.4 is 10.6 Å². The van der Waals surface area contributed by atoms with E-state index in [1.54, 1.807) is 0 Å². The summed E-state index contributed by atoms with van der Waals surface area (Å²) in [5, 5.41) is 10.2. The molecule has 1 aliphatic rings. The first-order chi connectivity index (χ1) is 9.41. The standard InChI is InChI=1S/C15H23N3OS/c1-9-8-12(14(15(16)20)10(2)17-9)18(3)11-6-4-5-7-13(11)19/h8,11,13,19H,4-7H2,1-3H3,(H2,16,20). The Kier molecular flexibility index (Phi) is 4.60. The van der Waals surface area contributed by atoms with Gasteiger partial charge in [-0.3, -0.25) is 4.98 Å². The molecule has 0 radical (unpaired) electrons. The van der Waals surface area contributed by atoms with Gasteiger partial charge in [-0.15, -0.1) is 0 Å². The van der Waals surface area contributed by atoms with Gasteiger partial charge in [0.05, 0.1) is 23.4 Å². The Hall–Kier alpha value is -1.20. The minimum absolute atomic E-state index is 0.123. The summed E-state index contributed by atoms with van der Waals surface area (Å²) in [5.74, 6) is 0. The molecule has 0 aliphatic heterocycles. The smallest absolute Gasteiger partial charge is 0.107 e. The molecule has 20 heavy (non-hydrogen) atoms. The molecule has 0 spiro atoms. The maximum absolute atomic E-state index is 10.2. The van der Waals surface area contributed by atoms with Crippen LogP contribution in [-0.2, 0) is 0 Å². The number of likely N-dealkylation sites (N-methyl/N-ethyl adjacent to an activating group) is 1. The highest BCUT2D eigenvalue weighted by atomic mass is 32.1. The third-order valence-electron chi connectivity index (χ3n) is 4.13.